The molecule has 0 bridgehead atoms. The molecule has 3 aromatic rings. The molecule has 9 heteroatoms. The van der Waals surface area contributed by atoms with Crippen molar-refractivity contribution in [2.24, 2.45) is 7.05 Å². The molecular weight excluding hydrogens is 424 g/mol. The maximum atomic E-state index is 12.4. The number of hydrogen-bond acceptors (Lipinski definition) is 5. The first kappa shape index (κ1) is 22.1. The average Bonchev–Trinajstić information content (AvgIpc) is 3.29. The van der Waals surface area contributed by atoms with Crippen LogP contribution in [-0.4, -0.2) is 45.5 Å². The number of ether oxygens (including phenoxy) is 1. The Morgan fingerprint density at radius 1 is 1.09 bits per heavy atom. The number of aromatic nitrogens is 2. The zero-order valence-corrected chi connectivity index (χ0v) is 18.2. The average molecular weight is 448 g/mol. The summed E-state index contributed by atoms with van der Waals surface area (Å²) in [5.41, 5.74) is 4.40. The fourth-order valence-electron chi connectivity index (χ4n) is 4.09. The summed E-state index contributed by atoms with van der Waals surface area (Å²) >= 11 is 0. The van der Waals surface area contributed by atoms with Crippen LogP contribution >= 0.6 is 0 Å². The van der Waals surface area contributed by atoms with E-state index in [4.69, 9.17) is 4.74 Å². The molecule has 170 valence electrons. The predicted octanol–water partition coefficient (Wildman–Crippen LogP) is 3.37. The number of aryl methyl sites for hydroxylation is 1. The van der Waals surface area contributed by atoms with E-state index in [9.17, 15) is 19.5 Å². The lowest BCUT2D eigenvalue weighted by molar-refractivity contribution is -0.116. The smallest absolute Gasteiger partial charge is 0.407 e. The third kappa shape index (κ3) is 4.72. The maximum absolute atomic E-state index is 12.4. The minimum Gasteiger partial charge on any atom is -0.477 e. The Hall–Kier alpha value is -4.14. The van der Waals surface area contributed by atoms with E-state index in [2.05, 4.69) is 27.9 Å². The van der Waals surface area contributed by atoms with Gasteiger partial charge in [-0.05, 0) is 29.2 Å². The molecule has 1 heterocycles. The van der Waals surface area contributed by atoms with Gasteiger partial charge in [0.15, 0.2) is 5.82 Å². The van der Waals surface area contributed by atoms with Crippen LogP contribution in [0, 0.1) is 0 Å². The second-order valence-corrected chi connectivity index (χ2v) is 7.99. The van der Waals surface area contributed by atoms with E-state index in [0.29, 0.717) is 0 Å². The van der Waals surface area contributed by atoms with Gasteiger partial charge in [-0.1, -0.05) is 48.5 Å². The predicted molar refractivity (Wildman–Crippen MR) is 121 cm³/mol. The monoisotopic (exact) mass is 448 g/mol. The highest BCUT2D eigenvalue weighted by Gasteiger charge is 2.29. The number of carboxylic acid groups (broad SMARTS) is 1. The molecule has 1 aliphatic rings. The largest absolute Gasteiger partial charge is 0.477 e. The van der Waals surface area contributed by atoms with Crippen LogP contribution < -0.4 is 10.6 Å². The van der Waals surface area contributed by atoms with Crippen LogP contribution in [-0.2, 0) is 16.6 Å². The van der Waals surface area contributed by atoms with Crippen molar-refractivity contribution >= 4 is 23.8 Å². The van der Waals surface area contributed by atoms with Crippen LogP contribution in [0.4, 0.5) is 10.6 Å². The molecule has 0 aliphatic heterocycles. The summed E-state index contributed by atoms with van der Waals surface area (Å²) in [5.74, 6) is -1.76. The van der Waals surface area contributed by atoms with Crippen molar-refractivity contribution in [1.29, 1.82) is 0 Å². The number of amides is 2. The number of benzene rings is 2. The molecule has 1 aromatic heterocycles. The maximum Gasteiger partial charge on any atom is 0.407 e. The number of alkyl carbamates (subject to hydrolysis) is 1. The Morgan fingerprint density at radius 3 is 2.30 bits per heavy atom. The number of aromatic carboxylic acids is 1. The minimum absolute atomic E-state index is 0.0386. The topological polar surface area (TPSA) is 123 Å². The molecule has 4 rings (SSSR count). The number of anilines is 1. The molecule has 9 nitrogen and oxygen atoms in total. The van der Waals surface area contributed by atoms with E-state index < -0.39 is 24.0 Å². The van der Waals surface area contributed by atoms with Gasteiger partial charge in [-0.25, -0.2) is 9.59 Å². The van der Waals surface area contributed by atoms with Gasteiger partial charge in [-0.3, -0.25) is 9.48 Å². The molecule has 0 saturated carbocycles. The van der Waals surface area contributed by atoms with Gasteiger partial charge in [-0.2, -0.15) is 5.10 Å². The summed E-state index contributed by atoms with van der Waals surface area (Å²) in [7, 11) is 1.56. The number of carbonyl (C=O) groups is 3. The lowest BCUT2D eigenvalue weighted by Gasteiger charge is -2.17. The normalized spacial score (nSPS) is 13.0. The van der Waals surface area contributed by atoms with Crippen LogP contribution in [0.2, 0.25) is 0 Å². The van der Waals surface area contributed by atoms with Gasteiger partial charge in [0, 0.05) is 31.6 Å². The van der Waals surface area contributed by atoms with Crippen molar-refractivity contribution in [3.63, 3.8) is 0 Å². The van der Waals surface area contributed by atoms with Crippen LogP contribution in [0.5, 0.6) is 0 Å². The zero-order chi connectivity index (χ0) is 23.5. The van der Waals surface area contributed by atoms with Crippen molar-refractivity contribution in [1.82, 2.24) is 15.1 Å². The molecule has 2 aromatic carbocycles. The van der Waals surface area contributed by atoms with Gasteiger partial charge in [0.25, 0.3) is 0 Å². The van der Waals surface area contributed by atoms with Crippen molar-refractivity contribution in [3.05, 3.63) is 71.4 Å². The number of nitrogens with one attached hydrogen (secondary N) is 2. The Balaban J connectivity index is 1.31. The summed E-state index contributed by atoms with van der Waals surface area (Å²) in [5, 5.41) is 18.2. The Morgan fingerprint density at radius 2 is 1.70 bits per heavy atom. The van der Waals surface area contributed by atoms with Crippen LogP contribution in [0.25, 0.3) is 11.1 Å². The number of hydrogen-bond donors (Lipinski definition) is 3. The third-order valence-corrected chi connectivity index (χ3v) is 5.52. The van der Waals surface area contributed by atoms with E-state index >= 15 is 0 Å². The fraction of sp³-hybridized carbons (Fsp3) is 0.250. The number of nitrogens with zero attached hydrogens (tertiary/aromatic N) is 2. The van der Waals surface area contributed by atoms with Gasteiger partial charge in [0.1, 0.15) is 12.2 Å². The Bertz CT molecular complexity index is 1170. The highest BCUT2D eigenvalue weighted by molar-refractivity contribution is 5.99. The molecule has 0 radical (unpaired) electrons. The van der Waals surface area contributed by atoms with E-state index in [1.165, 1.54) is 10.9 Å². The molecule has 3 N–H and O–H groups in total. The van der Waals surface area contributed by atoms with E-state index in [-0.39, 0.29) is 30.3 Å². The zero-order valence-electron chi connectivity index (χ0n) is 18.2. The standard InChI is InChI=1S/C24H24N4O5/c1-14(11-21(29)26-22-19(23(30)31)12-28(2)27-22)25-24(32)33-13-20-17-9-5-3-7-15(17)16-8-4-6-10-18(16)20/h3-10,12,14,20H,11,13H2,1-2H3,(H,25,32)(H,30,31)(H,26,27,29)/t14-/m0/s1. The van der Waals surface area contributed by atoms with Crippen molar-refractivity contribution < 1.29 is 24.2 Å². The molecule has 0 unspecified atom stereocenters. The summed E-state index contributed by atoms with van der Waals surface area (Å²) in [4.78, 5) is 35.9. The second-order valence-electron chi connectivity index (χ2n) is 7.99. The number of fused-ring (bicyclic) bond motifs is 3. The highest BCUT2D eigenvalue weighted by Crippen LogP contribution is 2.44. The Kier molecular flexibility index (Phi) is 6.12. The van der Waals surface area contributed by atoms with Crippen molar-refractivity contribution in [3.8, 4) is 11.1 Å². The van der Waals surface area contributed by atoms with Crippen LogP contribution in [0.3, 0.4) is 0 Å². The van der Waals surface area contributed by atoms with Gasteiger partial charge >= 0.3 is 12.1 Å². The number of carboxylic acids is 1. The third-order valence-electron chi connectivity index (χ3n) is 5.52. The lowest BCUT2D eigenvalue weighted by Crippen LogP contribution is -2.36. The molecule has 0 fully saturated rings. The van der Waals surface area contributed by atoms with E-state index in [1.807, 2.05) is 36.4 Å². The SMILES string of the molecule is C[C@@H](CC(=O)Nc1nn(C)cc1C(=O)O)NC(=O)OCC1c2ccccc2-c2ccccc21. The second kappa shape index (κ2) is 9.15. The molecule has 33 heavy (non-hydrogen) atoms. The summed E-state index contributed by atoms with van der Waals surface area (Å²) in [6, 6.07) is 15.6. The molecular formula is C24H24N4O5. The summed E-state index contributed by atoms with van der Waals surface area (Å²) < 4.78 is 6.79. The molecule has 0 spiro atoms. The van der Waals surface area contributed by atoms with E-state index in [1.54, 1.807) is 14.0 Å². The quantitative estimate of drug-likeness (QED) is 0.509. The van der Waals surface area contributed by atoms with Crippen LogP contribution in [0.15, 0.2) is 54.7 Å². The fourth-order valence-corrected chi connectivity index (χ4v) is 4.09. The van der Waals surface area contributed by atoms with Crippen LogP contribution in [0.1, 0.15) is 40.7 Å². The van der Waals surface area contributed by atoms with Gasteiger partial charge in [0.05, 0.1) is 0 Å². The number of carbonyl (C=O) groups excluding carboxylic acids is 2. The first-order chi connectivity index (χ1) is 15.8. The highest BCUT2D eigenvalue weighted by atomic mass is 16.5. The summed E-state index contributed by atoms with van der Waals surface area (Å²) in [6.45, 7) is 1.84. The summed E-state index contributed by atoms with van der Waals surface area (Å²) in [6.07, 6.45) is 0.608. The van der Waals surface area contributed by atoms with Gasteiger partial charge in [-0.15, -0.1) is 0 Å². The Labute approximate surface area is 190 Å². The molecule has 1 atom stereocenters. The van der Waals surface area contributed by atoms with Gasteiger partial charge in [0.2, 0.25) is 5.91 Å². The first-order valence-electron chi connectivity index (χ1n) is 10.5. The molecule has 2 amide bonds. The molecule has 1 aliphatic carbocycles. The van der Waals surface area contributed by atoms with E-state index in [0.717, 1.165) is 22.3 Å². The lowest BCUT2D eigenvalue weighted by atomic mass is 9.98. The van der Waals surface area contributed by atoms with Crippen molar-refractivity contribution in [2.45, 2.75) is 25.3 Å². The minimum atomic E-state index is -1.19. The van der Waals surface area contributed by atoms with Crippen molar-refractivity contribution in [2.75, 3.05) is 11.9 Å². The number of rotatable bonds is 7. The molecule has 0 saturated heterocycles. The first-order valence-corrected chi connectivity index (χ1v) is 10.5. The van der Waals surface area contributed by atoms with Gasteiger partial charge < -0.3 is 20.5 Å².